The lowest BCUT2D eigenvalue weighted by molar-refractivity contribution is 0.657. The maximum absolute atomic E-state index is 7.15. The zero-order chi connectivity index (χ0) is 59.6. The van der Waals surface area contributed by atoms with Crippen molar-refractivity contribution < 1.29 is 8.83 Å². The highest BCUT2D eigenvalue weighted by Gasteiger charge is 2.34. The van der Waals surface area contributed by atoms with Crippen LogP contribution in [0, 0.1) is 0 Å². The number of benzene rings is 13. The van der Waals surface area contributed by atoms with Crippen molar-refractivity contribution in [3.8, 4) is 22.3 Å². The molecule has 0 aliphatic heterocycles. The minimum absolute atomic E-state index is 0.297. The van der Waals surface area contributed by atoms with Crippen LogP contribution in [0.25, 0.3) is 142 Å². The summed E-state index contributed by atoms with van der Waals surface area (Å²) in [5.41, 5.74) is 24.1. The molecule has 0 aliphatic carbocycles. The van der Waals surface area contributed by atoms with Crippen molar-refractivity contribution in [2.75, 3.05) is 9.80 Å². The number of hydrogen-bond acceptors (Lipinski definition) is 4. The van der Waals surface area contributed by atoms with E-state index in [0.29, 0.717) is 11.8 Å². The molecule has 6 nitrogen and oxygen atoms in total. The molecule has 19 aromatic rings. The lowest BCUT2D eigenvalue weighted by Gasteiger charge is -2.26. The van der Waals surface area contributed by atoms with Gasteiger partial charge in [-0.3, -0.25) is 0 Å². The summed E-state index contributed by atoms with van der Waals surface area (Å²) in [6.45, 7) is 8.98. The SMILES string of the molecule is CC(C)c1cccc2c1oc1c(N(c3ccccc3)c3cccc4c3c3cccc5c6c(-c7ccccc7)c7c(c(-c8ccccc8)c6n4c35)c3cccc4c5c(N(c6ccccc6)c6cccc8c6oc6c(C(C)C)cccc68)cccc5n7c43)cccc12. The largest absolute Gasteiger partial charge is 0.454 e. The normalized spacial score (nSPS) is 12.4. The Balaban J connectivity index is 0.947. The van der Waals surface area contributed by atoms with Crippen molar-refractivity contribution in [1.29, 1.82) is 0 Å². The highest BCUT2D eigenvalue weighted by Crippen LogP contribution is 2.57. The molecule has 0 saturated carbocycles. The molecular formula is C84H58N4O2. The molecule has 0 radical (unpaired) electrons. The monoisotopic (exact) mass is 1150 g/mol. The van der Waals surface area contributed by atoms with E-state index in [4.69, 9.17) is 8.83 Å². The third-order valence-electron chi connectivity index (χ3n) is 19.4. The van der Waals surface area contributed by atoms with Gasteiger partial charge in [0.25, 0.3) is 0 Å². The van der Waals surface area contributed by atoms with Gasteiger partial charge in [-0.05, 0) is 94.8 Å². The van der Waals surface area contributed by atoms with E-state index in [0.717, 1.165) is 100 Å². The molecule has 90 heavy (non-hydrogen) atoms. The Labute approximate surface area is 518 Å². The Kier molecular flexibility index (Phi) is 10.8. The van der Waals surface area contributed by atoms with Crippen LogP contribution in [0.15, 0.2) is 276 Å². The van der Waals surface area contributed by atoms with Crippen LogP contribution in [0.1, 0.15) is 50.7 Å². The number of aromatic nitrogens is 2. The summed E-state index contributed by atoms with van der Waals surface area (Å²) in [7, 11) is 0. The Hall–Kier alpha value is -11.3. The lowest BCUT2D eigenvalue weighted by atomic mass is 9.89. The first-order valence-electron chi connectivity index (χ1n) is 31.5. The van der Waals surface area contributed by atoms with Crippen LogP contribution in [-0.4, -0.2) is 8.80 Å². The fourth-order valence-electron chi connectivity index (χ4n) is 15.8. The Bertz CT molecular complexity index is 5720. The fourth-order valence-corrected chi connectivity index (χ4v) is 15.8. The number of nitrogens with zero attached hydrogens (tertiary/aromatic N) is 4. The van der Waals surface area contributed by atoms with Gasteiger partial charge in [0, 0.05) is 87.1 Å². The van der Waals surface area contributed by atoms with Crippen molar-refractivity contribution in [2.24, 2.45) is 0 Å². The molecular weight excluding hydrogens is 1100 g/mol. The second kappa shape index (κ2) is 19.1. The maximum atomic E-state index is 7.15. The number of anilines is 6. The Morgan fingerprint density at radius 2 is 0.578 bits per heavy atom. The third kappa shape index (κ3) is 6.87. The summed E-state index contributed by atoms with van der Waals surface area (Å²) in [4.78, 5) is 4.87. The summed E-state index contributed by atoms with van der Waals surface area (Å²) in [6.07, 6.45) is 0. The van der Waals surface area contributed by atoms with Crippen molar-refractivity contribution >= 4 is 154 Å². The average Bonchev–Trinajstić information content (AvgIpc) is 1.49. The van der Waals surface area contributed by atoms with Crippen molar-refractivity contribution in [3.63, 3.8) is 0 Å². The van der Waals surface area contributed by atoms with E-state index in [1.807, 2.05) is 0 Å². The number of hydrogen-bond donors (Lipinski definition) is 0. The maximum Gasteiger partial charge on any atom is 0.159 e. The molecule has 0 saturated heterocycles. The second-order valence-corrected chi connectivity index (χ2v) is 25.0. The Morgan fingerprint density at radius 3 is 0.967 bits per heavy atom. The van der Waals surface area contributed by atoms with Gasteiger partial charge in [-0.1, -0.05) is 234 Å². The average molecular weight is 1160 g/mol. The van der Waals surface area contributed by atoms with E-state index in [9.17, 15) is 0 Å². The minimum atomic E-state index is 0.297. The molecule has 19 rings (SSSR count). The van der Waals surface area contributed by atoms with Gasteiger partial charge in [0.1, 0.15) is 11.2 Å². The van der Waals surface area contributed by atoms with E-state index in [-0.39, 0.29) is 0 Å². The van der Waals surface area contributed by atoms with E-state index in [1.54, 1.807) is 0 Å². The summed E-state index contributed by atoms with van der Waals surface area (Å²) < 4.78 is 19.6. The molecule has 6 aromatic heterocycles. The van der Waals surface area contributed by atoms with Crippen molar-refractivity contribution in [1.82, 2.24) is 8.80 Å². The first-order chi connectivity index (χ1) is 44.4. The summed E-state index contributed by atoms with van der Waals surface area (Å²) in [5, 5.41) is 14.1. The predicted octanol–water partition coefficient (Wildman–Crippen LogP) is 24.3. The topological polar surface area (TPSA) is 41.6 Å². The van der Waals surface area contributed by atoms with Crippen LogP contribution >= 0.6 is 0 Å². The highest BCUT2D eigenvalue weighted by atomic mass is 16.3. The summed E-state index contributed by atoms with van der Waals surface area (Å²) in [6, 6.07) is 98.2. The van der Waals surface area contributed by atoms with Gasteiger partial charge in [-0.15, -0.1) is 0 Å². The van der Waals surface area contributed by atoms with Gasteiger partial charge < -0.3 is 27.4 Å². The number of furan rings is 2. The minimum Gasteiger partial charge on any atom is -0.454 e. The van der Waals surface area contributed by atoms with Gasteiger partial charge in [0.15, 0.2) is 11.2 Å². The molecule has 0 atom stereocenters. The molecule has 0 amide bonds. The highest BCUT2D eigenvalue weighted by molar-refractivity contribution is 6.39. The number of para-hydroxylation sites is 8. The smallest absolute Gasteiger partial charge is 0.159 e. The van der Waals surface area contributed by atoms with Gasteiger partial charge in [-0.2, -0.15) is 0 Å². The molecule has 13 aromatic carbocycles. The fraction of sp³-hybridized carbons (Fsp3) is 0.0714. The molecule has 0 spiro atoms. The molecule has 426 valence electrons. The third-order valence-corrected chi connectivity index (χ3v) is 19.4. The van der Waals surface area contributed by atoms with Crippen LogP contribution in [0.3, 0.4) is 0 Å². The van der Waals surface area contributed by atoms with Crippen LogP contribution in [0.2, 0.25) is 0 Å². The molecule has 6 heterocycles. The van der Waals surface area contributed by atoms with Crippen LogP contribution in [0.5, 0.6) is 0 Å². The summed E-state index contributed by atoms with van der Waals surface area (Å²) >= 11 is 0. The number of rotatable bonds is 10. The molecule has 0 unspecified atom stereocenters. The quantitative estimate of drug-likeness (QED) is 0.137. The van der Waals surface area contributed by atoms with Crippen LogP contribution in [0.4, 0.5) is 34.1 Å². The molecule has 0 bridgehead atoms. The first-order valence-corrected chi connectivity index (χ1v) is 31.5. The van der Waals surface area contributed by atoms with Crippen LogP contribution in [-0.2, 0) is 0 Å². The predicted molar refractivity (Wildman–Crippen MR) is 379 cm³/mol. The zero-order valence-corrected chi connectivity index (χ0v) is 50.2. The van der Waals surface area contributed by atoms with Gasteiger partial charge >= 0.3 is 0 Å². The van der Waals surface area contributed by atoms with Crippen molar-refractivity contribution in [3.05, 3.63) is 278 Å². The zero-order valence-electron chi connectivity index (χ0n) is 50.2. The second-order valence-electron chi connectivity index (χ2n) is 25.0. The van der Waals surface area contributed by atoms with Crippen molar-refractivity contribution in [2.45, 2.75) is 39.5 Å². The number of fused-ring (bicyclic) bond motifs is 18. The molecule has 0 fully saturated rings. The van der Waals surface area contributed by atoms with E-state index >= 15 is 0 Å². The van der Waals surface area contributed by atoms with E-state index in [2.05, 4.69) is 313 Å². The van der Waals surface area contributed by atoms with E-state index in [1.165, 1.54) is 87.4 Å². The standard InChI is InChI=1S/C84H58N4O2/c1-49(2)55-33-17-35-57-59-37-21-47-69(83(59)89-81(55)57)85(53-29-13-7-14-30-53)65-43-23-45-67-73(65)61-39-19-41-63-75-72(52-27-11-6-12-28-52)80-76(71(51-25-9-5-10-26-51)79(75)87(67)77(61)63)64-42-20-40-62-74-66(44-24-46-68(74)88(80)78(62)64)86(54-31-15-8-16-32-54)70-48-22-38-60-58-36-18-34-56(50(3)4)82(58)90-84(60)70/h5-50H,1-4H3. The molecule has 0 aliphatic rings. The van der Waals surface area contributed by atoms with Gasteiger partial charge in [0.05, 0.1) is 55.8 Å². The summed E-state index contributed by atoms with van der Waals surface area (Å²) in [5.74, 6) is 0.594. The van der Waals surface area contributed by atoms with Gasteiger partial charge in [0.2, 0.25) is 0 Å². The lowest BCUT2D eigenvalue weighted by Crippen LogP contribution is -2.10. The van der Waals surface area contributed by atoms with Crippen LogP contribution < -0.4 is 9.80 Å². The molecule has 0 N–H and O–H groups in total. The van der Waals surface area contributed by atoms with Gasteiger partial charge in [-0.25, -0.2) is 0 Å². The van der Waals surface area contributed by atoms with E-state index < -0.39 is 0 Å². The molecule has 6 heteroatoms. The first kappa shape index (κ1) is 50.8. The Morgan fingerprint density at radius 1 is 0.267 bits per heavy atom.